The SMILES string of the molecule is Cl.N[C@H]1CCOc2c(I)cccc21. The zero-order valence-electron chi connectivity index (χ0n) is 7.00. The summed E-state index contributed by atoms with van der Waals surface area (Å²) in [7, 11) is 0. The molecule has 0 fully saturated rings. The molecule has 2 rings (SSSR count). The molecular weight excluding hydrogens is 300 g/mol. The van der Waals surface area contributed by atoms with E-state index in [1.165, 1.54) is 0 Å². The van der Waals surface area contributed by atoms with Crippen LogP contribution in [0.2, 0.25) is 0 Å². The first kappa shape index (κ1) is 11.1. The Hall–Kier alpha value is -0.000000000000000111. The van der Waals surface area contributed by atoms with Crippen LogP contribution in [0.5, 0.6) is 5.75 Å². The minimum atomic E-state index is 0. The molecule has 1 aliphatic rings. The van der Waals surface area contributed by atoms with Crippen LogP contribution >= 0.6 is 35.0 Å². The molecule has 0 saturated heterocycles. The summed E-state index contributed by atoms with van der Waals surface area (Å²) in [4.78, 5) is 0. The quantitative estimate of drug-likeness (QED) is 0.747. The molecular formula is C9H11ClINO. The molecule has 0 bridgehead atoms. The number of hydrogen-bond donors (Lipinski definition) is 1. The van der Waals surface area contributed by atoms with Gasteiger partial charge in [-0.15, -0.1) is 12.4 Å². The van der Waals surface area contributed by atoms with E-state index in [1.54, 1.807) is 0 Å². The Morgan fingerprint density at radius 2 is 2.23 bits per heavy atom. The molecule has 13 heavy (non-hydrogen) atoms. The van der Waals surface area contributed by atoms with E-state index in [9.17, 15) is 0 Å². The number of halogens is 2. The van der Waals surface area contributed by atoms with Gasteiger partial charge in [0.1, 0.15) is 5.75 Å². The van der Waals surface area contributed by atoms with Gasteiger partial charge in [-0.05, 0) is 28.7 Å². The first-order chi connectivity index (χ1) is 5.79. The largest absolute Gasteiger partial charge is 0.492 e. The topological polar surface area (TPSA) is 35.2 Å². The number of rotatable bonds is 0. The Bertz CT molecular complexity index is 306. The summed E-state index contributed by atoms with van der Waals surface area (Å²) in [5.74, 6) is 0.983. The highest BCUT2D eigenvalue weighted by Gasteiger charge is 2.19. The van der Waals surface area contributed by atoms with Gasteiger partial charge < -0.3 is 10.5 Å². The number of ether oxygens (including phenoxy) is 1. The van der Waals surface area contributed by atoms with E-state index < -0.39 is 0 Å². The van der Waals surface area contributed by atoms with E-state index in [-0.39, 0.29) is 18.4 Å². The van der Waals surface area contributed by atoms with Crippen LogP contribution in [0.1, 0.15) is 18.0 Å². The van der Waals surface area contributed by atoms with Crippen molar-refractivity contribution in [2.75, 3.05) is 6.61 Å². The lowest BCUT2D eigenvalue weighted by atomic mass is 10.0. The molecule has 0 unspecified atom stereocenters. The maximum absolute atomic E-state index is 5.93. The number of para-hydroxylation sites is 1. The number of hydrogen-bond acceptors (Lipinski definition) is 2. The Balaban J connectivity index is 0.000000845. The molecule has 0 aromatic heterocycles. The lowest BCUT2D eigenvalue weighted by Crippen LogP contribution is -2.20. The molecule has 0 aliphatic carbocycles. The molecule has 0 amide bonds. The third-order valence-electron chi connectivity index (χ3n) is 2.07. The summed E-state index contributed by atoms with van der Waals surface area (Å²) in [5.41, 5.74) is 7.08. The minimum Gasteiger partial charge on any atom is -0.492 e. The molecule has 0 radical (unpaired) electrons. The number of benzene rings is 1. The van der Waals surface area contributed by atoms with Gasteiger partial charge in [0.25, 0.3) is 0 Å². The normalized spacial score (nSPS) is 19.7. The predicted octanol–water partition coefficient (Wildman–Crippen LogP) is 2.50. The van der Waals surface area contributed by atoms with E-state index in [1.807, 2.05) is 18.2 Å². The van der Waals surface area contributed by atoms with Crippen molar-refractivity contribution in [2.24, 2.45) is 5.73 Å². The van der Waals surface area contributed by atoms with Gasteiger partial charge in [0, 0.05) is 18.0 Å². The van der Waals surface area contributed by atoms with Gasteiger partial charge in [0.05, 0.1) is 10.2 Å². The summed E-state index contributed by atoms with van der Waals surface area (Å²) < 4.78 is 6.69. The van der Waals surface area contributed by atoms with E-state index in [4.69, 9.17) is 10.5 Å². The van der Waals surface area contributed by atoms with Crippen LogP contribution < -0.4 is 10.5 Å². The second-order valence-corrected chi connectivity index (χ2v) is 4.06. The first-order valence-corrected chi connectivity index (χ1v) is 5.03. The first-order valence-electron chi connectivity index (χ1n) is 3.96. The van der Waals surface area contributed by atoms with Gasteiger partial charge in [-0.25, -0.2) is 0 Å². The smallest absolute Gasteiger partial charge is 0.137 e. The highest BCUT2D eigenvalue weighted by molar-refractivity contribution is 14.1. The van der Waals surface area contributed by atoms with Crippen molar-refractivity contribution in [1.82, 2.24) is 0 Å². The predicted molar refractivity (Wildman–Crippen MR) is 63.4 cm³/mol. The third-order valence-corrected chi connectivity index (χ3v) is 2.92. The lowest BCUT2D eigenvalue weighted by molar-refractivity contribution is 0.267. The van der Waals surface area contributed by atoms with E-state index in [2.05, 4.69) is 22.6 Å². The maximum atomic E-state index is 5.93. The standard InChI is InChI=1S/C9H10INO.ClH/c10-7-3-1-2-6-8(11)4-5-12-9(6)7;/h1-3,8H,4-5,11H2;1H/t8-;/m0./s1. The van der Waals surface area contributed by atoms with Crippen LogP contribution in [0.15, 0.2) is 18.2 Å². The molecule has 4 heteroatoms. The van der Waals surface area contributed by atoms with Gasteiger partial charge in [-0.3, -0.25) is 0 Å². The van der Waals surface area contributed by atoms with Crippen LogP contribution in [0, 0.1) is 3.57 Å². The maximum Gasteiger partial charge on any atom is 0.137 e. The van der Waals surface area contributed by atoms with Crippen LogP contribution in [0.4, 0.5) is 0 Å². The van der Waals surface area contributed by atoms with E-state index in [0.29, 0.717) is 0 Å². The molecule has 2 N–H and O–H groups in total. The highest BCUT2D eigenvalue weighted by atomic mass is 127. The average Bonchev–Trinajstić information content (AvgIpc) is 2.07. The van der Waals surface area contributed by atoms with Crippen molar-refractivity contribution in [2.45, 2.75) is 12.5 Å². The van der Waals surface area contributed by atoms with Gasteiger partial charge in [-0.2, -0.15) is 0 Å². The van der Waals surface area contributed by atoms with Crippen molar-refractivity contribution < 1.29 is 4.74 Å². The minimum absolute atomic E-state index is 0. The zero-order valence-corrected chi connectivity index (χ0v) is 9.97. The van der Waals surface area contributed by atoms with Crippen molar-refractivity contribution >= 4 is 35.0 Å². The average molecular weight is 312 g/mol. The van der Waals surface area contributed by atoms with Crippen LogP contribution in [0.25, 0.3) is 0 Å². The van der Waals surface area contributed by atoms with Crippen molar-refractivity contribution in [3.8, 4) is 5.75 Å². The van der Waals surface area contributed by atoms with Crippen molar-refractivity contribution in [3.05, 3.63) is 27.3 Å². The fraction of sp³-hybridized carbons (Fsp3) is 0.333. The fourth-order valence-electron chi connectivity index (χ4n) is 1.41. The van der Waals surface area contributed by atoms with Crippen molar-refractivity contribution in [3.63, 3.8) is 0 Å². The fourth-order valence-corrected chi connectivity index (χ4v) is 2.09. The molecule has 1 heterocycles. The molecule has 1 aliphatic heterocycles. The van der Waals surface area contributed by atoms with Crippen LogP contribution in [-0.4, -0.2) is 6.61 Å². The third kappa shape index (κ3) is 2.08. The van der Waals surface area contributed by atoms with E-state index in [0.717, 1.165) is 27.9 Å². The summed E-state index contributed by atoms with van der Waals surface area (Å²) >= 11 is 2.27. The summed E-state index contributed by atoms with van der Waals surface area (Å²) in [6, 6.07) is 6.26. The van der Waals surface area contributed by atoms with Crippen molar-refractivity contribution in [1.29, 1.82) is 0 Å². The van der Waals surface area contributed by atoms with Gasteiger partial charge in [-0.1, -0.05) is 12.1 Å². The van der Waals surface area contributed by atoms with Gasteiger partial charge >= 0.3 is 0 Å². The van der Waals surface area contributed by atoms with Crippen LogP contribution in [-0.2, 0) is 0 Å². The van der Waals surface area contributed by atoms with Crippen LogP contribution in [0.3, 0.4) is 0 Å². The second-order valence-electron chi connectivity index (χ2n) is 2.90. The second kappa shape index (κ2) is 4.48. The monoisotopic (exact) mass is 311 g/mol. The Morgan fingerprint density at radius 1 is 1.46 bits per heavy atom. The van der Waals surface area contributed by atoms with E-state index >= 15 is 0 Å². The summed E-state index contributed by atoms with van der Waals surface area (Å²) in [6.07, 6.45) is 0.924. The molecule has 72 valence electrons. The summed E-state index contributed by atoms with van der Waals surface area (Å²) in [5, 5.41) is 0. The zero-order chi connectivity index (χ0) is 8.55. The summed E-state index contributed by atoms with van der Waals surface area (Å²) in [6.45, 7) is 0.744. The molecule has 1 atom stereocenters. The Morgan fingerprint density at radius 3 is 2.92 bits per heavy atom. The molecule has 1 aromatic rings. The molecule has 0 spiro atoms. The van der Waals surface area contributed by atoms with Gasteiger partial charge in [0.15, 0.2) is 0 Å². The lowest BCUT2D eigenvalue weighted by Gasteiger charge is -2.23. The highest BCUT2D eigenvalue weighted by Crippen LogP contribution is 2.33. The molecule has 1 aromatic carbocycles. The number of nitrogens with two attached hydrogens (primary N) is 1. The molecule has 2 nitrogen and oxygen atoms in total. The Kier molecular flexibility index (Phi) is 3.82. The number of fused-ring (bicyclic) bond motifs is 1. The Labute approximate surface area is 97.4 Å². The molecule has 0 saturated carbocycles. The van der Waals surface area contributed by atoms with Gasteiger partial charge in [0.2, 0.25) is 0 Å².